The van der Waals surface area contributed by atoms with E-state index in [0.29, 0.717) is 28.8 Å². The molecule has 0 unspecified atom stereocenters. The van der Waals surface area contributed by atoms with E-state index in [2.05, 4.69) is 26.7 Å². The summed E-state index contributed by atoms with van der Waals surface area (Å²) >= 11 is 6.15. The number of rotatable bonds is 5. The van der Waals surface area contributed by atoms with Crippen LogP contribution in [0.1, 0.15) is 11.1 Å². The molecule has 24 heavy (non-hydrogen) atoms. The Kier molecular flexibility index (Phi) is 4.90. The third-order valence-electron chi connectivity index (χ3n) is 3.35. The summed E-state index contributed by atoms with van der Waals surface area (Å²) in [6.45, 7) is 0.569. The molecule has 5 nitrogen and oxygen atoms in total. The SMILES string of the molecule is N#Cc1cccc(Nc2cc(NCc3ccccc3Cl)ncn2)c1. The lowest BCUT2D eigenvalue weighted by Gasteiger charge is -2.09. The molecule has 0 spiro atoms. The van der Waals surface area contributed by atoms with Gasteiger partial charge in [-0.2, -0.15) is 5.26 Å². The first kappa shape index (κ1) is 15.8. The first-order valence-electron chi connectivity index (χ1n) is 7.31. The van der Waals surface area contributed by atoms with Gasteiger partial charge in [-0.15, -0.1) is 0 Å². The molecule has 2 aromatic carbocycles. The quantitative estimate of drug-likeness (QED) is 0.724. The minimum atomic E-state index is 0.569. The maximum Gasteiger partial charge on any atom is 0.135 e. The van der Waals surface area contributed by atoms with Crippen molar-refractivity contribution in [2.45, 2.75) is 6.54 Å². The van der Waals surface area contributed by atoms with Crippen LogP contribution < -0.4 is 10.6 Å². The van der Waals surface area contributed by atoms with Gasteiger partial charge in [-0.1, -0.05) is 35.9 Å². The van der Waals surface area contributed by atoms with Gasteiger partial charge in [0, 0.05) is 23.3 Å². The topological polar surface area (TPSA) is 73.6 Å². The maximum absolute atomic E-state index is 8.95. The summed E-state index contributed by atoms with van der Waals surface area (Å²) < 4.78 is 0. The lowest BCUT2D eigenvalue weighted by atomic mass is 10.2. The Hall–Kier alpha value is -3.10. The van der Waals surface area contributed by atoms with Crippen LogP contribution in [0.2, 0.25) is 5.02 Å². The van der Waals surface area contributed by atoms with Crippen molar-refractivity contribution >= 4 is 28.9 Å². The van der Waals surface area contributed by atoms with Crippen LogP contribution in [-0.2, 0) is 6.54 Å². The predicted octanol–water partition coefficient (Wildman–Crippen LogP) is 4.36. The van der Waals surface area contributed by atoms with Crippen molar-refractivity contribution in [3.05, 3.63) is 77.1 Å². The second-order valence-electron chi connectivity index (χ2n) is 5.05. The van der Waals surface area contributed by atoms with Gasteiger partial charge in [0.05, 0.1) is 11.6 Å². The Morgan fingerprint density at radius 1 is 1.00 bits per heavy atom. The van der Waals surface area contributed by atoms with Crippen molar-refractivity contribution in [2.75, 3.05) is 10.6 Å². The van der Waals surface area contributed by atoms with Gasteiger partial charge in [0.1, 0.15) is 18.0 Å². The van der Waals surface area contributed by atoms with Gasteiger partial charge in [0.2, 0.25) is 0 Å². The fraction of sp³-hybridized carbons (Fsp3) is 0.0556. The fourth-order valence-corrected chi connectivity index (χ4v) is 2.37. The fourth-order valence-electron chi connectivity index (χ4n) is 2.16. The minimum absolute atomic E-state index is 0.569. The van der Waals surface area contributed by atoms with E-state index in [1.165, 1.54) is 6.33 Å². The van der Waals surface area contributed by atoms with Crippen LogP contribution in [0.5, 0.6) is 0 Å². The van der Waals surface area contributed by atoms with Crippen molar-refractivity contribution in [3.63, 3.8) is 0 Å². The highest BCUT2D eigenvalue weighted by Crippen LogP contribution is 2.19. The Labute approximate surface area is 145 Å². The number of halogens is 1. The lowest BCUT2D eigenvalue weighted by Crippen LogP contribution is -2.03. The summed E-state index contributed by atoms with van der Waals surface area (Å²) in [7, 11) is 0. The standard InChI is InChI=1S/C18H14ClN5/c19-16-7-2-1-5-14(16)11-21-17-9-18(23-12-22-17)24-15-6-3-4-13(8-15)10-20/h1-9,12H,11H2,(H2,21,22,23,24). The number of nitrogens with zero attached hydrogens (tertiary/aromatic N) is 3. The third kappa shape index (κ3) is 4.00. The molecule has 0 aliphatic carbocycles. The molecular formula is C18H14ClN5. The second-order valence-corrected chi connectivity index (χ2v) is 5.46. The molecule has 6 heteroatoms. The average Bonchev–Trinajstić information content (AvgIpc) is 2.61. The van der Waals surface area contributed by atoms with E-state index in [0.717, 1.165) is 11.3 Å². The third-order valence-corrected chi connectivity index (χ3v) is 3.72. The Morgan fingerprint density at radius 3 is 2.67 bits per heavy atom. The number of hydrogen-bond acceptors (Lipinski definition) is 5. The molecule has 0 aliphatic heterocycles. The molecule has 0 fully saturated rings. The molecule has 1 aromatic heterocycles. The second kappa shape index (κ2) is 7.44. The molecule has 0 saturated carbocycles. The zero-order valence-corrected chi connectivity index (χ0v) is 13.5. The van der Waals surface area contributed by atoms with Gasteiger partial charge in [-0.3, -0.25) is 0 Å². The van der Waals surface area contributed by atoms with Crippen LogP contribution in [0, 0.1) is 11.3 Å². The van der Waals surface area contributed by atoms with Gasteiger partial charge < -0.3 is 10.6 Å². The van der Waals surface area contributed by atoms with Crippen LogP contribution >= 0.6 is 11.6 Å². The zero-order valence-electron chi connectivity index (χ0n) is 12.7. The van der Waals surface area contributed by atoms with E-state index in [-0.39, 0.29) is 0 Å². The number of nitriles is 1. The van der Waals surface area contributed by atoms with Crippen LogP contribution in [-0.4, -0.2) is 9.97 Å². The molecule has 0 amide bonds. The average molecular weight is 336 g/mol. The molecule has 0 aliphatic rings. The molecule has 1 heterocycles. The van der Waals surface area contributed by atoms with Crippen LogP contribution in [0.25, 0.3) is 0 Å². The molecule has 0 bridgehead atoms. The highest BCUT2D eigenvalue weighted by Gasteiger charge is 2.02. The van der Waals surface area contributed by atoms with Crippen LogP contribution in [0.4, 0.5) is 17.3 Å². The predicted molar refractivity (Wildman–Crippen MR) is 95.3 cm³/mol. The smallest absolute Gasteiger partial charge is 0.135 e. The summed E-state index contributed by atoms with van der Waals surface area (Å²) in [6.07, 6.45) is 1.48. The van der Waals surface area contributed by atoms with Crippen molar-refractivity contribution in [1.82, 2.24) is 9.97 Å². The summed E-state index contributed by atoms with van der Waals surface area (Å²) in [5.41, 5.74) is 2.38. The Balaban J connectivity index is 1.70. The summed E-state index contributed by atoms with van der Waals surface area (Å²) in [4.78, 5) is 8.39. The van der Waals surface area contributed by atoms with E-state index in [1.807, 2.05) is 36.4 Å². The van der Waals surface area contributed by atoms with E-state index < -0.39 is 0 Å². The molecule has 2 N–H and O–H groups in total. The zero-order chi connectivity index (χ0) is 16.8. The first-order valence-corrected chi connectivity index (χ1v) is 7.69. The number of anilines is 3. The number of hydrogen-bond donors (Lipinski definition) is 2. The monoisotopic (exact) mass is 335 g/mol. The number of aromatic nitrogens is 2. The summed E-state index contributed by atoms with van der Waals surface area (Å²) in [5, 5.41) is 16.0. The Bertz CT molecular complexity index is 888. The molecule has 3 aromatic rings. The van der Waals surface area contributed by atoms with Gasteiger partial charge >= 0.3 is 0 Å². The molecule has 0 saturated heterocycles. The van der Waals surface area contributed by atoms with E-state index >= 15 is 0 Å². The van der Waals surface area contributed by atoms with Crippen molar-refractivity contribution in [1.29, 1.82) is 5.26 Å². The van der Waals surface area contributed by atoms with Gasteiger partial charge in [0.25, 0.3) is 0 Å². The van der Waals surface area contributed by atoms with Crippen molar-refractivity contribution in [2.24, 2.45) is 0 Å². The number of benzene rings is 2. The highest BCUT2D eigenvalue weighted by molar-refractivity contribution is 6.31. The largest absolute Gasteiger partial charge is 0.366 e. The van der Waals surface area contributed by atoms with E-state index in [1.54, 1.807) is 18.2 Å². The van der Waals surface area contributed by atoms with E-state index in [9.17, 15) is 0 Å². The van der Waals surface area contributed by atoms with Gasteiger partial charge in [0.15, 0.2) is 0 Å². The lowest BCUT2D eigenvalue weighted by molar-refractivity contribution is 1.08. The first-order chi connectivity index (χ1) is 11.7. The molecular weight excluding hydrogens is 322 g/mol. The molecule has 3 rings (SSSR count). The normalized spacial score (nSPS) is 10.0. The van der Waals surface area contributed by atoms with Crippen molar-refractivity contribution in [3.8, 4) is 6.07 Å². The maximum atomic E-state index is 8.95. The number of nitrogens with one attached hydrogen (secondary N) is 2. The molecule has 0 atom stereocenters. The van der Waals surface area contributed by atoms with Crippen molar-refractivity contribution < 1.29 is 0 Å². The summed E-state index contributed by atoms with van der Waals surface area (Å²) in [5.74, 6) is 1.32. The van der Waals surface area contributed by atoms with Crippen LogP contribution in [0.3, 0.4) is 0 Å². The van der Waals surface area contributed by atoms with Gasteiger partial charge in [-0.05, 0) is 29.8 Å². The summed E-state index contributed by atoms with van der Waals surface area (Å²) in [6, 6.07) is 18.8. The molecule has 118 valence electrons. The highest BCUT2D eigenvalue weighted by atomic mass is 35.5. The minimum Gasteiger partial charge on any atom is -0.366 e. The van der Waals surface area contributed by atoms with E-state index in [4.69, 9.17) is 16.9 Å². The van der Waals surface area contributed by atoms with Gasteiger partial charge in [-0.25, -0.2) is 9.97 Å². The Morgan fingerprint density at radius 2 is 1.83 bits per heavy atom. The molecule has 0 radical (unpaired) electrons. The van der Waals surface area contributed by atoms with Crippen LogP contribution in [0.15, 0.2) is 60.9 Å².